The lowest BCUT2D eigenvalue weighted by atomic mass is 10.1. The van der Waals surface area contributed by atoms with Crippen LogP contribution in [0.4, 0.5) is 17.2 Å². The summed E-state index contributed by atoms with van der Waals surface area (Å²) in [5, 5.41) is 9.11. The van der Waals surface area contributed by atoms with Crippen LogP contribution < -0.4 is 4.90 Å². The number of pyridine rings is 1. The first-order valence-corrected chi connectivity index (χ1v) is 15.4. The largest absolute Gasteiger partial charge is 0.456 e. The van der Waals surface area contributed by atoms with Crippen LogP contribution in [0, 0.1) is 0 Å². The molecule has 0 aliphatic heterocycles. The van der Waals surface area contributed by atoms with E-state index in [0.29, 0.717) is 0 Å². The highest BCUT2D eigenvalue weighted by atomic mass is 32.1. The number of aromatic nitrogens is 1. The minimum absolute atomic E-state index is 0.774. The highest BCUT2D eigenvalue weighted by Crippen LogP contribution is 2.43. The second-order valence-electron chi connectivity index (χ2n) is 11.2. The van der Waals surface area contributed by atoms with Crippen LogP contribution >= 0.6 is 11.3 Å². The molecule has 4 aromatic heterocycles. The highest BCUT2D eigenvalue weighted by Gasteiger charge is 2.20. The van der Waals surface area contributed by atoms with E-state index in [4.69, 9.17) is 13.8 Å². The summed E-state index contributed by atoms with van der Waals surface area (Å²) in [4.78, 5) is 7.24. The van der Waals surface area contributed by atoms with Gasteiger partial charge in [0.15, 0.2) is 5.58 Å². The van der Waals surface area contributed by atoms with Crippen molar-refractivity contribution in [1.29, 1.82) is 0 Å². The number of hydrogen-bond acceptors (Lipinski definition) is 5. The Morgan fingerprint density at radius 3 is 2.14 bits per heavy atom. The molecule has 0 amide bonds. The van der Waals surface area contributed by atoms with Crippen LogP contribution in [0.1, 0.15) is 0 Å². The third-order valence-corrected chi connectivity index (χ3v) is 9.84. The molecular formula is C39H22N2O2S. The van der Waals surface area contributed by atoms with Gasteiger partial charge in [-0.1, -0.05) is 72.8 Å². The quantitative estimate of drug-likeness (QED) is 0.208. The molecule has 44 heavy (non-hydrogen) atoms. The summed E-state index contributed by atoms with van der Waals surface area (Å²) in [7, 11) is 0. The summed E-state index contributed by atoms with van der Waals surface area (Å²) in [5.41, 5.74) is 5.47. The average molecular weight is 583 g/mol. The molecule has 0 unspecified atom stereocenters. The van der Waals surface area contributed by atoms with Crippen LogP contribution in [0.3, 0.4) is 0 Å². The van der Waals surface area contributed by atoms with E-state index in [0.717, 1.165) is 71.8 Å². The predicted molar refractivity (Wildman–Crippen MR) is 184 cm³/mol. The number of furan rings is 2. The van der Waals surface area contributed by atoms with Crippen LogP contribution in [0.15, 0.2) is 142 Å². The van der Waals surface area contributed by atoms with Gasteiger partial charge in [-0.25, -0.2) is 4.98 Å². The monoisotopic (exact) mass is 582 g/mol. The van der Waals surface area contributed by atoms with Crippen LogP contribution in [-0.2, 0) is 0 Å². The Hall–Kier alpha value is -5.65. The zero-order valence-corrected chi connectivity index (χ0v) is 24.1. The number of rotatable bonds is 3. The van der Waals surface area contributed by atoms with Gasteiger partial charge in [-0.15, -0.1) is 11.3 Å². The first kappa shape index (κ1) is 23.9. The summed E-state index contributed by atoms with van der Waals surface area (Å²) in [5.74, 6) is 0.820. The van der Waals surface area contributed by atoms with Gasteiger partial charge < -0.3 is 8.83 Å². The molecule has 0 bridgehead atoms. The summed E-state index contributed by atoms with van der Waals surface area (Å²) in [6.45, 7) is 0. The normalized spacial score (nSPS) is 12.1. The smallest absolute Gasteiger partial charge is 0.153 e. The molecule has 4 heterocycles. The summed E-state index contributed by atoms with van der Waals surface area (Å²) in [6.07, 6.45) is 1.86. The van der Waals surface area contributed by atoms with E-state index in [9.17, 15) is 0 Å². The maximum absolute atomic E-state index is 6.41. The van der Waals surface area contributed by atoms with Gasteiger partial charge in [0.05, 0.1) is 6.20 Å². The number of benzene rings is 6. The standard InChI is InChI=1S/C39H22N2O2S/c1-2-8-26-23(7-1)13-16-30-32-21-38(40-22-35(32)43-39(26)30)41(24-15-18-34-31(19-24)27-9-3-5-11-33(27)42-34)25-14-17-29-28-10-4-6-12-36(28)44-37(29)20-25/h1-22H. The van der Waals surface area contributed by atoms with Crippen molar-refractivity contribution in [2.24, 2.45) is 0 Å². The fraction of sp³-hybridized carbons (Fsp3) is 0. The van der Waals surface area contributed by atoms with Gasteiger partial charge in [-0.2, -0.15) is 0 Å². The molecule has 6 aromatic carbocycles. The molecular weight excluding hydrogens is 561 g/mol. The fourth-order valence-corrected chi connectivity index (χ4v) is 7.78. The first-order chi connectivity index (χ1) is 21.8. The Kier molecular flexibility index (Phi) is 4.84. The molecule has 10 aromatic rings. The number of nitrogens with zero attached hydrogens (tertiary/aromatic N) is 2. The third kappa shape index (κ3) is 3.41. The van der Waals surface area contributed by atoms with Gasteiger partial charge in [-0.3, -0.25) is 4.90 Å². The minimum Gasteiger partial charge on any atom is -0.456 e. The Morgan fingerprint density at radius 1 is 0.477 bits per heavy atom. The number of fused-ring (bicyclic) bond motifs is 11. The Labute approximate surface area is 255 Å². The lowest BCUT2D eigenvalue weighted by Crippen LogP contribution is -2.11. The van der Waals surface area contributed by atoms with Crippen LogP contribution in [0.25, 0.3) is 74.8 Å². The molecule has 0 aliphatic rings. The second-order valence-corrected chi connectivity index (χ2v) is 12.3. The molecule has 0 saturated carbocycles. The maximum Gasteiger partial charge on any atom is 0.153 e. The summed E-state index contributed by atoms with van der Waals surface area (Å²) < 4.78 is 15.1. The molecule has 206 valence electrons. The SMILES string of the molecule is c1ccc2c(c1)ccc1c3cc(N(c4ccc5c(c4)sc4ccccc45)c4ccc5oc6ccccc6c5c4)ncc3oc21. The number of thiophene rings is 1. The van der Waals surface area contributed by atoms with Crippen molar-refractivity contribution in [2.45, 2.75) is 0 Å². The Morgan fingerprint density at radius 2 is 1.18 bits per heavy atom. The van der Waals surface area contributed by atoms with Crippen molar-refractivity contribution in [3.63, 3.8) is 0 Å². The van der Waals surface area contributed by atoms with Crippen LogP contribution in [0.5, 0.6) is 0 Å². The molecule has 10 rings (SSSR count). The predicted octanol–water partition coefficient (Wildman–Crippen LogP) is 11.9. The average Bonchev–Trinajstić information content (AvgIpc) is 3.75. The van der Waals surface area contributed by atoms with E-state index in [1.807, 2.05) is 29.7 Å². The van der Waals surface area contributed by atoms with Crippen molar-refractivity contribution in [2.75, 3.05) is 4.90 Å². The molecule has 0 radical (unpaired) electrons. The fourth-order valence-electron chi connectivity index (χ4n) is 6.64. The Bertz CT molecular complexity index is 2750. The molecule has 0 N–H and O–H groups in total. The maximum atomic E-state index is 6.41. The van der Waals surface area contributed by atoms with E-state index in [-0.39, 0.29) is 0 Å². The topological polar surface area (TPSA) is 42.4 Å². The molecule has 5 heteroatoms. The molecule has 0 fully saturated rings. The second kappa shape index (κ2) is 8.93. The molecule has 0 atom stereocenters. The van der Waals surface area contributed by atoms with E-state index in [1.165, 1.54) is 20.2 Å². The van der Waals surface area contributed by atoms with Crippen LogP contribution in [0.2, 0.25) is 0 Å². The molecule has 0 spiro atoms. The van der Waals surface area contributed by atoms with E-state index in [1.54, 1.807) is 0 Å². The third-order valence-electron chi connectivity index (χ3n) is 8.70. The lowest BCUT2D eigenvalue weighted by Gasteiger charge is -2.24. The van der Waals surface area contributed by atoms with Crippen molar-refractivity contribution in [3.05, 3.63) is 134 Å². The van der Waals surface area contributed by atoms with E-state index >= 15 is 0 Å². The van der Waals surface area contributed by atoms with Crippen molar-refractivity contribution in [1.82, 2.24) is 4.98 Å². The molecule has 0 saturated heterocycles. The number of anilines is 3. The summed E-state index contributed by atoms with van der Waals surface area (Å²) in [6, 6.07) is 44.7. The van der Waals surface area contributed by atoms with Gasteiger partial charge in [0.25, 0.3) is 0 Å². The zero-order chi connectivity index (χ0) is 28.8. The number of para-hydroxylation sites is 1. The van der Waals surface area contributed by atoms with Gasteiger partial charge in [0, 0.05) is 58.5 Å². The van der Waals surface area contributed by atoms with Crippen LogP contribution in [-0.4, -0.2) is 4.98 Å². The lowest BCUT2D eigenvalue weighted by molar-refractivity contribution is 0.669. The number of hydrogen-bond donors (Lipinski definition) is 0. The highest BCUT2D eigenvalue weighted by molar-refractivity contribution is 7.25. The summed E-state index contributed by atoms with van der Waals surface area (Å²) >= 11 is 1.82. The van der Waals surface area contributed by atoms with Crippen molar-refractivity contribution < 1.29 is 8.83 Å². The first-order valence-electron chi connectivity index (χ1n) is 14.6. The van der Waals surface area contributed by atoms with Crippen molar-refractivity contribution >= 4 is 103 Å². The minimum atomic E-state index is 0.774. The van der Waals surface area contributed by atoms with E-state index in [2.05, 4.69) is 120 Å². The van der Waals surface area contributed by atoms with Gasteiger partial charge in [-0.05, 0) is 60.0 Å². The van der Waals surface area contributed by atoms with Gasteiger partial charge >= 0.3 is 0 Å². The molecule has 4 nitrogen and oxygen atoms in total. The van der Waals surface area contributed by atoms with E-state index < -0.39 is 0 Å². The van der Waals surface area contributed by atoms with Crippen molar-refractivity contribution in [3.8, 4) is 0 Å². The molecule has 0 aliphatic carbocycles. The van der Waals surface area contributed by atoms with Gasteiger partial charge in [0.1, 0.15) is 22.6 Å². The Balaban J connectivity index is 1.23. The van der Waals surface area contributed by atoms with Gasteiger partial charge in [0.2, 0.25) is 0 Å². The zero-order valence-electron chi connectivity index (χ0n) is 23.3.